The van der Waals surface area contributed by atoms with Crippen LogP contribution in [-0.4, -0.2) is 66.5 Å². The smallest absolute Gasteiger partial charge is 0.281 e. The maximum Gasteiger partial charge on any atom is 0.281 e. The Balaban J connectivity index is 1.23. The lowest BCUT2D eigenvalue weighted by molar-refractivity contribution is -0.117. The summed E-state index contributed by atoms with van der Waals surface area (Å²) in [6.07, 6.45) is 17.4. The number of phenolic OH excluding ortho intramolecular Hbond substituents is 1. The molecule has 0 aromatic heterocycles. The zero-order valence-corrected chi connectivity index (χ0v) is 42.1. The van der Waals surface area contributed by atoms with Gasteiger partial charge in [0.2, 0.25) is 6.04 Å². The van der Waals surface area contributed by atoms with Crippen molar-refractivity contribution in [1.82, 2.24) is 0 Å². The molecule has 5 rings (SSSR count). The van der Waals surface area contributed by atoms with Gasteiger partial charge in [0, 0.05) is 18.7 Å². The van der Waals surface area contributed by atoms with E-state index in [0.717, 1.165) is 30.3 Å². The van der Waals surface area contributed by atoms with E-state index in [-0.39, 0.29) is 52.4 Å². The molecule has 4 aromatic carbocycles. The van der Waals surface area contributed by atoms with Gasteiger partial charge in [-0.15, -0.1) is 0 Å². The van der Waals surface area contributed by atoms with Crippen LogP contribution in [0.15, 0.2) is 110 Å². The fourth-order valence-electron chi connectivity index (χ4n) is 7.59. The number of unbranched alkanes of at least 4 members (excludes halogenated alkanes) is 13. The molecular formula is C51H67N7O9S2. The van der Waals surface area contributed by atoms with Crippen LogP contribution in [0.25, 0.3) is 0 Å². The quantitative estimate of drug-likeness (QED) is 0.0265. The number of nitrogens with one attached hydrogen (secondary N) is 2. The van der Waals surface area contributed by atoms with Crippen molar-refractivity contribution in [3.05, 3.63) is 90.5 Å². The van der Waals surface area contributed by atoms with Crippen LogP contribution in [0.2, 0.25) is 0 Å². The highest BCUT2D eigenvalue weighted by atomic mass is 32.2. The van der Waals surface area contributed by atoms with Crippen molar-refractivity contribution in [1.29, 1.82) is 5.26 Å². The molecule has 0 aliphatic carbocycles. The zero-order valence-electron chi connectivity index (χ0n) is 40.4. The minimum Gasteiger partial charge on any atom is -0.506 e. The molecule has 0 saturated heterocycles. The molecule has 16 nitrogen and oxygen atoms in total. The van der Waals surface area contributed by atoms with E-state index in [1.165, 1.54) is 120 Å². The van der Waals surface area contributed by atoms with E-state index in [4.69, 9.17) is 14.2 Å². The number of nitriles is 1. The molecule has 1 aliphatic rings. The number of carbonyl (C=O) groups is 1. The predicted molar refractivity (Wildman–Crippen MR) is 270 cm³/mol. The lowest BCUT2D eigenvalue weighted by Gasteiger charge is -2.25. The maximum absolute atomic E-state index is 14.2. The third-order valence-corrected chi connectivity index (χ3v) is 14.2. The highest BCUT2D eigenvalue weighted by Crippen LogP contribution is 2.41. The Morgan fingerprint density at radius 3 is 1.94 bits per heavy atom. The van der Waals surface area contributed by atoms with Gasteiger partial charge in [-0.1, -0.05) is 129 Å². The average Bonchev–Trinajstić information content (AvgIpc) is 3.65. The number of hydrogen-bond acceptors (Lipinski definition) is 13. The van der Waals surface area contributed by atoms with Crippen molar-refractivity contribution in [3.8, 4) is 23.3 Å². The first-order valence-electron chi connectivity index (χ1n) is 23.8. The van der Waals surface area contributed by atoms with E-state index in [9.17, 15) is 32.0 Å². The van der Waals surface area contributed by atoms with Gasteiger partial charge in [0.05, 0.1) is 40.9 Å². The van der Waals surface area contributed by atoms with E-state index in [1.54, 1.807) is 36.4 Å². The molecule has 0 spiro atoms. The van der Waals surface area contributed by atoms with Crippen molar-refractivity contribution in [2.45, 2.75) is 139 Å². The third kappa shape index (κ3) is 16.0. The van der Waals surface area contributed by atoms with Crippen molar-refractivity contribution in [2.75, 3.05) is 41.4 Å². The Hall–Kier alpha value is -6.03. The van der Waals surface area contributed by atoms with Crippen LogP contribution < -0.4 is 23.9 Å². The number of hydrogen-bond donors (Lipinski definition) is 3. The van der Waals surface area contributed by atoms with Crippen LogP contribution in [0.1, 0.15) is 123 Å². The summed E-state index contributed by atoms with van der Waals surface area (Å²) in [6.45, 7) is 8.72. The first-order chi connectivity index (χ1) is 33.1. The number of benzene rings is 4. The predicted octanol–water partition coefficient (Wildman–Crippen LogP) is 11.6. The number of azo groups is 1. The first kappa shape index (κ1) is 53.9. The fraction of sp³-hybridized carbons (Fsp3) is 0.471. The van der Waals surface area contributed by atoms with Gasteiger partial charge in [-0.3, -0.25) is 14.2 Å². The Kier molecular flexibility index (Phi) is 20.4. The molecule has 0 saturated carbocycles. The topological polar surface area (TPSA) is 221 Å². The molecule has 0 fully saturated rings. The van der Waals surface area contributed by atoms with E-state index >= 15 is 0 Å². The lowest BCUT2D eigenvalue weighted by atomic mass is 9.86. The second-order valence-electron chi connectivity index (χ2n) is 18.0. The molecule has 1 atom stereocenters. The van der Waals surface area contributed by atoms with E-state index in [2.05, 4.69) is 31.7 Å². The van der Waals surface area contributed by atoms with Crippen LogP contribution >= 0.6 is 0 Å². The number of anilines is 3. The molecule has 18 heteroatoms. The second-order valence-corrected chi connectivity index (χ2v) is 21.3. The normalized spacial score (nSPS) is 14.2. The number of rotatable bonds is 29. The Bertz CT molecular complexity index is 2630. The maximum atomic E-state index is 14.2. The Labute approximate surface area is 408 Å². The van der Waals surface area contributed by atoms with Gasteiger partial charge in [0.15, 0.2) is 5.71 Å². The SMILES string of the molecule is CCCCCCCCCCCCCCCCOc1cc(O)c(NS(=O)(=O)c2cc(NS(=O)(=O)c3ccc(N=NC4C(=O)N(c5ccccc5)N=C4C#N)cc3)ccc2OCCOC)cc1C(C)(C)C. The van der Waals surface area contributed by atoms with Crippen molar-refractivity contribution in [3.63, 3.8) is 0 Å². The molecule has 0 bridgehead atoms. The fourth-order valence-corrected chi connectivity index (χ4v) is 9.87. The highest BCUT2D eigenvalue weighted by molar-refractivity contribution is 7.93. The highest BCUT2D eigenvalue weighted by Gasteiger charge is 2.37. The molecular weight excluding hydrogens is 919 g/mol. The summed E-state index contributed by atoms with van der Waals surface area (Å²) < 4.78 is 77.6. The van der Waals surface area contributed by atoms with Crippen LogP contribution in [0.4, 0.5) is 22.7 Å². The van der Waals surface area contributed by atoms with Gasteiger partial charge in [0.1, 0.15) is 34.8 Å². The molecule has 1 unspecified atom stereocenters. The van der Waals surface area contributed by atoms with E-state index in [0.29, 0.717) is 23.6 Å². The van der Waals surface area contributed by atoms with E-state index < -0.39 is 42.3 Å². The number of ether oxygens (including phenoxy) is 3. The number of nitrogens with zero attached hydrogens (tertiary/aromatic N) is 5. The van der Waals surface area contributed by atoms with Gasteiger partial charge in [-0.2, -0.15) is 25.6 Å². The molecule has 1 amide bonds. The van der Waals surface area contributed by atoms with Gasteiger partial charge < -0.3 is 19.3 Å². The van der Waals surface area contributed by atoms with Gasteiger partial charge in [-0.25, -0.2) is 16.8 Å². The number of methoxy groups -OCH3 is 1. The van der Waals surface area contributed by atoms with Gasteiger partial charge >= 0.3 is 0 Å². The van der Waals surface area contributed by atoms with Crippen LogP contribution in [0.5, 0.6) is 17.2 Å². The van der Waals surface area contributed by atoms with Crippen molar-refractivity contribution < 1.29 is 40.9 Å². The minimum absolute atomic E-state index is 0.0106. The van der Waals surface area contributed by atoms with Crippen LogP contribution in [-0.2, 0) is 35.0 Å². The Morgan fingerprint density at radius 1 is 0.739 bits per heavy atom. The molecule has 1 aliphatic heterocycles. The molecule has 3 N–H and O–H groups in total. The average molecular weight is 986 g/mol. The molecule has 0 radical (unpaired) electrons. The minimum atomic E-state index is -4.54. The summed E-state index contributed by atoms with van der Waals surface area (Å²) in [5.41, 5.74) is 0.476. The number of sulfonamides is 2. The van der Waals surface area contributed by atoms with Gasteiger partial charge in [0.25, 0.3) is 26.0 Å². The number of para-hydroxylation sites is 1. The number of phenols is 1. The number of aromatic hydroxyl groups is 1. The largest absolute Gasteiger partial charge is 0.506 e. The van der Waals surface area contributed by atoms with Crippen molar-refractivity contribution >= 4 is 54.4 Å². The second kappa shape index (κ2) is 26.1. The first-order valence-corrected chi connectivity index (χ1v) is 26.7. The lowest BCUT2D eigenvalue weighted by Crippen LogP contribution is -2.30. The van der Waals surface area contributed by atoms with E-state index in [1.807, 2.05) is 26.8 Å². The third-order valence-electron chi connectivity index (χ3n) is 11.4. The van der Waals surface area contributed by atoms with Crippen LogP contribution in [0, 0.1) is 11.3 Å². The Morgan fingerprint density at radius 2 is 1.35 bits per heavy atom. The summed E-state index contributed by atoms with van der Waals surface area (Å²) in [6, 6.07) is 21.1. The standard InChI is InChI=1S/C51H67N7O9S2/c1-6-7-8-9-10-11-12-13-14-15-16-17-18-22-31-66-47-36-45(59)43(35-42(47)51(2,3)4)57-69(63,64)48-34-39(27-30-46(48)67-33-32-65-5)56-68(61,62)41-28-25-38(26-29-41)53-54-49-44(37-52)55-58(50(49)60)40-23-20-19-21-24-40/h19-21,23-30,34-36,49,56-57,59H,6-18,22,31-33H2,1-5H3. The monoisotopic (exact) mass is 985 g/mol. The number of amides is 1. The summed E-state index contributed by atoms with van der Waals surface area (Å²) in [5.74, 6) is -0.559. The number of hydrazone groups is 1. The summed E-state index contributed by atoms with van der Waals surface area (Å²) in [5, 5.41) is 34.1. The molecule has 4 aromatic rings. The summed E-state index contributed by atoms with van der Waals surface area (Å²) in [4.78, 5) is 12.5. The van der Waals surface area contributed by atoms with Gasteiger partial charge in [-0.05, 0) is 72.5 Å². The number of carbonyl (C=O) groups excluding carboxylic acids is 1. The zero-order chi connectivity index (χ0) is 49.9. The van der Waals surface area contributed by atoms with Crippen molar-refractivity contribution in [2.24, 2.45) is 15.3 Å². The molecule has 372 valence electrons. The molecule has 1 heterocycles. The molecule has 69 heavy (non-hydrogen) atoms. The summed E-state index contributed by atoms with van der Waals surface area (Å²) in [7, 11) is -7.38. The van der Waals surface area contributed by atoms with Crippen LogP contribution in [0.3, 0.4) is 0 Å². The summed E-state index contributed by atoms with van der Waals surface area (Å²) >= 11 is 0.